The van der Waals surface area contributed by atoms with Gasteiger partial charge < -0.3 is 10.0 Å². The van der Waals surface area contributed by atoms with Gasteiger partial charge >= 0.3 is 5.97 Å². The molecule has 0 aromatic rings. The van der Waals surface area contributed by atoms with E-state index in [4.69, 9.17) is 0 Å². The zero-order valence-electron chi connectivity index (χ0n) is 12.5. The van der Waals surface area contributed by atoms with E-state index in [1.54, 1.807) is 4.90 Å². The fourth-order valence-corrected chi connectivity index (χ4v) is 2.81. The van der Waals surface area contributed by atoms with Crippen molar-refractivity contribution in [2.75, 3.05) is 26.2 Å². The predicted molar refractivity (Wildman–Crippen MR) is 73.9 cm³/mol. The maximum absolute atomic E-state index is 12.3. The summed E-state index contributed by atoms with van der Waals surface area (Å²) in [5, 5.41) is 9.38. The quantitative estimate of drug-likeness (QED) is 0.793. The zero-order chi connectivity index (χ0) is 14.6. The third-order valence-corrected chi connectivity index (χ3v) is 4.49. The van der Waals surface area contributed by atoms with Crippen molar-refractivity contribution in [3.63, 3.8) is 0 Å². The number of carbonyl (C=O) groups excluding carboxylic acids is 1. The van der Waals surface area contributed by atoms with Crippen molar-refractivity contribution >= 4 is 11.9 Å². The third-order valence-electron chi connectivity index (χ3n) is 4.49. The summed E-state index contributed by atoms with van der Waals surface area (Å²) >= 11 is 0. The summed E-state index contributed by atoms with van der Waals surface area (Å²) in [7, 11) is 0. The number of carboxylic acids is 1. The predicted octanol–water partition coefficient (Wildman–Crippen LogP) is 1.43. The normalized spacial score (nSPS) is 25.3. The molecule has 5 nitrogen and oxygen atoms in total. The molecule has 1 amide bonds. The molecule has 0 radical (unpaired) electrons. The molecule has 0 aromatic carbocycles. The summed E-state index contributed by atoms with van der Waals surface area (Å²) < 4.78 is 0. The van der Waals surface area contributed by atoms with Gasteiger partial charge in [0.05, 0.1) is 11.5 Å². The van der Waals surface area contributed by atoms with Crippen LogP contribution < -0.4 is 0 Å². The molecule has 0 spiro atoms. The van der Waals surface area contributed by atoms with Gasteiger partial charge in [-0.3, -0.25) is 14.5 Å². The molecular formula is C14H26N2O3. The number of likely N-dealkylation sites (N-methyl/N-ethyl adjacent to an activating group) is 1. The molecule has 1 aliphatic heterocycles. The van der Waals surface area contributed by atoms with E-state index >= 15 is 0 Å². The minimum Gasteiger partial charge on any atom is -0.481 e. The Labute approximate surface area is 115 Å². The van der Waals surface area contributed by atoms with Gasteiger partial charge in [0.2, 0.25) is 5.91 Å². The lowest BCUT2D eigenvalue weighted by Crippen LogP contribution is -2.47. The molecule has 1 fully saturated rings. The second-order valence-electron chi connectivity index (χ2n) is 5.35. The van der Waals surface area contributed by atoms with Gasteiger partial charge in [-0.1, -0.05) is 6.92 Å². The lowest BCUT2D eigenvalue weighted by molar-refractivity contribution is -0.149. The van der Waals surface area contributed by atoms with E-state index in [2.05, 4.69) is 0 Å². The van der Waals surface area contributed by atoms with Crippen LogP contribution in [0.4, 0.5) is 0 Å². The average molecular weight is 270 g/mol. The van der Waals surface area contributed by atoms with Crippen LogP contribution >= 0.6 is 0 Å². The Kier molecular flexibility index (Phi) is 5.35. The van der Waals surface area contributed by atoms with Crippen LogP contribution in [0.25, 0.3) is 0 Å². The summed E-state index contributed by atoms with van der Waals surface area (Å²) in [6, 6.07) is -0.229. The monoisotopic (exact) mass is 270 g/mol. The van der Waals surface area contributed by atoms with Gasteiger partial charge in [0.25, 0.3) is 0 Å². The van der Waals surface area contributed by atoms with Crippen molar-refractivity contribution in [3.05, 3.63) is 0 Å². The highest BCUT2D eigenvalue weighted by atomic mass is 16.4. The first-order chi connectivity index (χ1) is 8.91. The summed E-state index contributed by atoms with van der Waals surface area (Å²) in [5.74, 6) is -0.637. The number of hydrogen-bond donors (Lipinski definition) is 1. The number of amides is 1. The van der Waals surface area contributed by atoms with Crippen LogP contribution in [0.15, 0.2) is 0 Å². The maximum Gasteiger partial charge on any atom is 0.310 e. The molecule has 0 bridgehead atoms. The smallest absolute Gasteiger partial charge is 0.310 e. The highest BCUT2D eigenvalue weighted by Crippen LogP contribution is 2.35. The second kappa shape index (κ2) is 6.37. The molecule has 1 heterocycles. The molecule has 1 N–H and O–H groups in total. The summed E-state index contributed by atoms with van der Waals surface area (Å²) in [6.45, 7) is 10.3. The Morgan fingerprint density at radius 1 is 1.32 bits per heavy atom. The van der Waals surface area contributed by atoms with E-state index in [0.717, 1.165) is 0 Å². The fourth-order valence-electron chi connectivity index (χ4n) is 2.81. The van der Waals surface area contributed by atoms with Crippen LogP contribution in [0.5, 0.6) is 0 Å². The Balaban J connectivity index is 2.73. The number of aliphatic carboxylic acids is 1. The zero-order valence-corrected chi connectivity index (χ0v) is 12.5. The van der Waals surface area contributed by atoms with Crippen molar-refractivity contribution in [1.82, 2.24) is 9.80 Å². The Morgan fingerprint density at radius 2 is 1.89 bits per heavy atom. The molecule has 2 atom stereocenters. The van der Waals surface area contributed by atoms with Crippen molar-refractivity contribution in [2.24, 2.45) is 5.41 Å². The SMILES string of the molecule is CCN(CC)C(=O)C(C)N1CCC(CC)(C(=O)O)C1. The fraction of sp³-hybridized carbons (Fsp3) is 0.857. The van der Waals surface area contributed by atoms with E-state index < -0.39 is 11.4 Å². The molecular weight excluding hydrogens is 244 g/mol. The van der Waals surface area contributed by atoms with Gasteiger partial charge in [-0.15, -0.1) is 0 Å². The van der Waals surface area contributed by atoms with Gasteiger partial charge in [-0.2, -0.15) is 0 Å². The molecule has 1 rings (SSSR count). The standard InChI is InChI=1S/C14H26N2O3/c1-5-14(13(18)19)8-9-16(10-14)11(4)12(17)15(6-2)7-3/h11H,5-10H2,1-4H3,(H,18,19). The molecule has 0 saturated carbocycles. The first kappa shape index (κ1) is 16.0. The minimum absolute atomic E-state index is 0.0993. The molecule has 0 aromatic heterocycles. The number of likely N-dealkylation sites (tertiary alicyclic amines) is 1. The van der Waals surface area contributed by atoms with Gasteiger partial charge in [-0.05, 0) is 33.6 Å². The molecule has 0 aliphatic carbocycles. The Hall–Kier alpha value is -1.10. The number of rotatable bonds is 6. The highest BCUT2D eigenvalue weighted by Gasteiger charge is 2.45. The second-order valence-corrected chi connectivity index (χ2v) is 5.35. The van der Waals surface area contributed by atoms with Crippen LogP contribution in [-0.2, 0) is 9.59 Å². The maximum atomic E-state index is 12.3. The van der Waals surface area contributed by atoms with Crippen LogP contribution in [0.2, 0.25) is 0 Å². The molecule has 19 heavy (non-hydrogen) atoms. The van der Waals surface area contributed by atoms with Crippen LogP contribution in [0.1, 0.15) is 40.5 Å². The lowest BCUT2D eigenvalue weighted by atomic mass is 9.84. The highest BCUT2D eigenvalue weighted by molar-refractivity contribution is 5.82. The first-order valence-electron chi connectivity index (χ1n) is 7.18. The van der Waals surface area contributed by atoms with E-state index in [-0.39, 0.29) is 11.9 Å². The van der Waals surface area contributed by atoms with E-state index in [9.17, 15) is 14.7 Å². The molecule has 110 valence electrons. The van der Waals surface area contributed by atoms with E-state index in [1.807, 2.05) is 32.6 Å². The topological polar surface area (TPSA) is 60.9 Å². The molecule has 5 heteroatoms. The largest absolute Gasteiger partial charge is 0.481 e. The van der Waals surface area contributed by atoms with E-state index in [0.29, 0.717) is 39.0 Å². The lowest BCUT2D eigenvalue weighted by Gasteiger charge is -2.30. The molecule has 2 unspecified atom stereocenters. The number of carboxylic acid groups (broad SMARTS) is 1. The van der Waals surface area contributed by atoms with Crippen LogP contribution in [0, 0.1) is 5.41 Å². The van der Waals surface area contributed by atoms with Crippen molar-refractivity contribution in [3.8, 4) is 0 Å². The molecule has 1 saturated heterocycles. The van der Waals surface area contributed by atoms with Gasteiger partial charge in [0.1, 0.15) is 0 Å². The number of nitrogens with zero attached hydrogens (tertiary/aromatic N) is 2. The summed E-state index contributed by atoms with van der Waals surface area (Å²) in [4.78, 5) is 27.5. The Morgan fingerprint density at radius 3 is 2.26 bits per heavy atom. The summed E-state index contributed by atoms with van der Waals surface area (Å²) in [6.07, 6.45) is 1.25. The van der Waals surface area contributed by atoms with Crippen molar-refractivity contribution in [2.45, 2.75) is 46.6 Å². The van der Waals surface area contributed by atoms with E-state index in [1.165, 1.54) is 0 Å². The average Bonchev–Trinajstić information content (AvgIpc) is 2.84. The Bertz CT molecular complexity index is 342. The number of hydrogen-bond acceptors (Lipinski definition) is 3. The number of carbonyl (C=O) groups is 2. The van der Waals surface area contributed by atoms with Gasteiger partial charge in [0.15, 0.2) is 0 Å². The van der Waals surface area contributed by atoms with Crippen LogP contribution in [-0.4, -0.2) is 59.0 Å². The van der Waals surface area contributed by atoms with Gasteiger partial charge in [-0.25, -0.2) is 0 Å². The third kappa shape index (κ3) is 3.08. The molecule has 1 aliphatic rings. The van der Waals surface area contributed by atoms with Crippen LogP contribution in [0.3, 0.4) is 0 Å². The first-order valence-corrected chi connectivity index (χ1v) is 7.18. The van der Waals surface area contributed by atoms with Crippen molar-refractivity contribution in [1.29, 1.82) is 0 Å². The van der Waals surface area contributed by atoms with Crippen molar-refractivity contribution < 1.29 is 14.7 Å². The minimum atomic E-state index is -0.736. The van der Waals surface area contributed by atoms with Gasteiger partial charge in [0, 0.05) is 26.2 Å². The summed E-state index contributed by atoms with van der Waals surface area (Å²) in [5.41, 5.74) is -0.669.